The van der Waals surface area contributed by atoms with E-state index in [9.17, 15) is 9.90 Å². The van der Waals surface area contributed by atoms with Gasteiger partial charge in [0.2, 0.25) is 0 Å². The Hall–Kier alpha value is -1.86. The normalized spacial score (nSPS) is 13.4. The van der Waals surface area contributed by atoms with Crippen LogP contribution >= 0.6 is 0 Å². The Bertz CT molecular complexity index is 479. The lowest BCUT2D eigenvalue weighted by Crippen LogP contribution is -2.48. The van der Waals surface area contributed by atoms with Gasteiger partial charge in [-0.1, -0.05) is 25.5 Å². The second-order valence-corrected chi connectivity index (χ2v) is 4.96. The molecule has 0 aliphatic heterocycles. The minimum absolute atomic E-state index is 0.0928. The molecule has 102 valence electrons. The number of benzene rings is 1. The Morgan fingerprint density at radius 2 is 2.26 bits per heavy atom. The van der Waals surface area contributed by atoms with Crippen LogP contribution in [0.3, 0.4) is 0 Å². The topological polar surface area (TPSA) is 73.1 Å². The summed E-state index contributed by atoms with van der Waals surface area (Å²) in [4.78, 5) is 12.1. The van der Waals surface area contributed by atoms with Gasteiger partial charge in [-0.2, -0.15) is 5.26 Å². The lowest BCUT2D eigenvalue weighted by molar-refractivity contribution is 0.0841. The zero-order valence-electron chi connectivity index (χ0n) is 11.4. The first-order valence-corrected chi connectivity index (χ1v) is 6.44. The molecule has 1 unspecified atom stereocenters. The lowest BCUT2D eigenvalue weighted by Gasteiger charge is -2.28. The molecule has 0 aromatic heterocycles. The molecule has 0 radical (unpaired) electrons. The zero-order chi connectivity index (χ0) is 14.3. The van der Waals surface area contributed by atoms with Gasteiger partial charge in [0.25, 0.3) is 5.91 Å². The van der Waals surface area contributed by atoms with E-state index >= 15 is 0 Å². The van der Waals surface area contributed by atoms with Crippen LogP contribution in [0.25, 0.3) is 0 Å². The fourth-order valence-corrected chi connectivity index (χ4v) is 1.99. The number of aliphatic hydroxyl groups is 1. The van der Waals surface area contributed by atoms with Crippen molar-refractivity contribution in [1.82, 2.24) is 5.32 Å². The van der Waals surface area contributed by atoms with Crippen molar-refractivity contribution in [2.24, 2.45) is 0 Å². The molecule has 4 nitrogen and oxygen atoms in total. The minimum atomic E-state index is -0.600. The summed E-state index contributed by atoms with van der Waals surface area (Å²) in [5.74, 6) is -0.218. The molecule has 0 heterocycles. The predicted molar refractivity (Wildman–Crippen MR) is 73.6 cm³/mol. The number of hydrogen-bond donors (Lipinski definition) is 2. The lowest BCUT2D eigenvalue weighted by atomic mass is 9.96. The molecule has 2 N–H and O–H groups in total. The minimum Gasteiger partial charge on any atom is -0.394 e. The van der Waals surface area contributed by atoms with E-state index in [1.54, 1.807) is 18.2 Å². The molecule has 1 aromatic carbocycles. The molecule has 4 heteroatoms. The van der Waals surface area contributed by atoms with E-state index in [1.807, 2.05) is 19.9 Å². The molecule has 0 aliphatic rings. The summed E-state index contributed by atoms with van der Waals surface area (Å²) in [5.41, 5.74) is 0.733. The monoisotopic (exact) mass is 260 g/mol. The van der Waals surface area contributed by atoms with Gasteiger partial charge in [0.05, 0.1) is 24.6 Å². The SMILES string of the molecule is CCCC(C)(CO)NC(=O)c1cccc(CC#N)c1. The summed E-state index contributed by atoms with van der Waals surface area (Å²) in [5, 5.41) is 20.9. The molecule has 0 saturated carbocycles. The summed E-state index contributed by atoms with van der Waals surface area (Å²) < 4.78 is 0. The van der Waals surface area contributed by atoms with Gasteiger partial charge in [-0.3, -0.25) is 4.79 Å². The number of carbonyl (C=O) groups excluding carboxylic acids is 1. The van der Waals surface area contributed by atoms with Crippen molar-refractivity contribution in [2.45, 2.75) is 38.6 Å². The Morgan fingerprint density at radius 1 is 1.53 bits per heavy atom. The highest BCUT2D eigenvalue weighted by atomic mass is 16.3. The number of rotatable bonds is 6. The second kappa shape index (κ2) is 6.91. The number of carbonyl (C=O) groups is 1. The summed E-state index contributed by atoms with van der Waals surface area (Å²) >= 11 is 0. The van der Waals surface area contributed by atoms with Gasteiger partial charge < -0.3 is 10.4 Å². The maximum absolute atomic E-state index is 12.1. The first kappa shape index (κ1) is 15.2. The Balaban J connectivity index is 2.83. The number of nitriles is 1. The summed E-state index contributed by atoms with van der Waals surface area (Å²) in [6.07, 6.45) is 1.88. The highest BCUT2D eigenvalue weighted by Crippen LogP contribution is 2.13. The summed E-state index contributed by atoms with van der Waals surface area (Å²) in [6, 6.07) is 9.06. The van der Waals surface area contributed by atoms with E-state index in [4.69, 9.17) is 5.26 Å². The first-order valence-electron chi connectivity index (χ1n) is 6.44. The number of nitrogens with zero attached hydrogens (tertiary/aromatic N) is 1. The van der Waals surface area contributed by atoms with E-state index in [0.29, 0.717) is 12.0 Å². The summed E-state index contributed by atoms with van der Waals surface area (Å²) in [6.45, 7) is 3.74. The van der Waals surface area contributed by atoms with Gasteiger partial charge in [-0.15, -0.1) is 0 Å². The van der Waals surface area contributed by atoms with E-state index in [-0.39, 0.29) is 18.9 Å². The van der Waals surface area contributed by atoms with Crippen molar-refractivity contribution in [3.8, 4) is 6.07 Å². The molecule has 0 saturated heterocycles. The Kier molecular flexibility index (Phi) is 5.53. The highest BCUT2D eigenvalue weighted by molar-refractivity contribution is 5.94. The third-order valence-corrected chi connectivity index (χ3v) is 3.04. The van der Waals surface area contributed by atoms with E-state index in [1.165, 1.54) is 0 Å². The van der Waals surface area contributed by atoms with E-state index in [0.717, 1.165) is 12.0 Å². The molecule has 0 spiro atoms. The van der Waals surface area contributed by atoms with Crippen LogP contribution in [-0.2, 0) is 6.42 Å². The van der Waals surface area contributed by atoms with Gasteiger partial charge in [0, 0.05) is 5.56 Å². The average Bonchev–Trinajstić information content (AvgIpc) is 2.39. The molecule has 19 heavy (non-hydrogen) atoms. The van der Waals surface area contributed by atoms with Crippen LogP contribution in [0.5, 0.6) is 0 Å². The van der Waals surface area contributed by atoms with Crippen LogP contribution in [0.4, 0.5) is 0 Å². The molecular weight excluding hydrogens is 240 g/mol. The first-order chi connectivity index (χ1) is 9.04. The molecule has 0 fully saturated rings. The molecule has 1 amide bonds. The Morgan fingerprint density at radius 3 is 2.84 bits per heavy atom. The van der Waals surface area contributed by atoms with Crippen molar-refractivity contribution in [1.29, 1.82) is 5.26 Å². The van der Waals surface area contributed by atoms with Gasteiger partial charge in [0.15, 0.2) is 0 Å². The fraction of sp³-hybridized carbons (Fsp3) is 0.467. The molecular formula is C15H20N2O2. The van der Waals surface area contributed by atoms with Gasteiger partial charge in [0.1, 0.15) is 0 Å². The molecule has 1 atom stereocenters. The number of amides is 1. The van der Waals surface area contributed by atoms with Crippen LogP contribution in [-0.4, -0.2) is 23.2 Å². The van der Waals surface area contributed by atoms with Crippen LogP contribution in [0.2, 0.25) is 0 Å². The molecule has 0 aliphatic carbocycles. The number of aliphatic hydroxyl groups excluding tert-OH is 1. The van der Waals surface area contributed by atoms with Crippen LogP contribution in [0, 0.1) is 11.3 Å². The maximum atomic E-state index is 12.1. The number of nitrogens with one attached hydrogen (secondary N) is 1. The zero-order valence-corrected chi connectivity index (χ0v) is 11.4. The second-order valence-electron chi connectivity index (χ2n) is 4.96. The Labute approximate surface area is 114 Å². The van der Waals surface area contributed by atoms with Crippen LogP contribution < -0.4 is 5.32 Å². The average molecular weight is 260 g/mol. The largest absolute Gasteiger partial charge is 0.394 e. The van der Waals surface area contributed by atoms with Gasteiger partial charge >= 0.3 is 0 Å². The number of hydrogen-bond acceptors (Lipinski definition) is 3. The smallest absolute Gasteiger partial charge is 0.251 e. The van der Waals surface area contributed by atoms with E-state index in [2.05, 4.69) is 11.4 Å². The standard InChI is InChI=1S/C15H20N2O2/c1-3-8-15(2,11-18)17-14(19)13-6-4-5-12(10-13)7-9-16/h4-6,10,18H,3,7-8,11H2,1-2H3,(H,17,19). The van der Waals surface area contributed by atoms with Gasteiger partial charge in [-0.25, -0.2) is 0 Å². The van der Waals surface area contributed by atoms with Crippen molar-refractivity contribution in [3.63, 3.8) is 0 Å². The molecule has 1 aromatic rings. The van der Waals surface area contributed by atoms with Crippen molar-refractivity contribution >= 4 is 5.91 Å². The van der Waals surface area contributed by atoms with Crippen LogP contribution in [0.1, 0.15) is 42.6 Å². The van der Waals surface area contributed by atoms with Crippen molar-refractivity contribution in [3.05, 3.63) is 35.4 Å². The fourth-order valence-electron chi connectivity index (χ4n) is 1.99. The van der Waals surface area contributed by atoms with Crippen LogP contribution in [0.15, 0.2) is 24.3 Å². The maximum Gasteiger partial charge on any atom is 0.251 e. The quantitative estimate of drug-likeness (QED) is 0.822. The van der Waals surface area contributed by atoms with E-state index < -0.39 is 5.54 Å². The van der Waals surface area contributed by atoms with Crippen molar-refractivity contribution < 1.29 is 9.90 Å². The third kappa shape index (κ3) is 4.38. The molecule has 1 rings (SSSR count). The molecule has 0 bridgehead atoms. The summed E-state index contributed by atoms with van der Waals surface area (Å²) in [7, 11) is 0. The highest BCUT2D eigenvalue weighted by Gasteiger charge is 2.24. The van der Waals surface area contributed by atoms with Gasteiger partial charge in [-0.05, 0) is 31.0 Å². The third-order valence-electron chi connectivity index (χ3n) is 3.04. The predicted octanol–water partition coefficient (Wildman–Crippen LogP) is 2.03. The van der Waals surface area contributed by atoms with Crippen molar-refractivity contribution in [2.75, 3.05) is 6.61 Å².